The van der Waals surface area contributed by atoms with Crippen LogP contribution in [0.2, 0.25) is 0 Å². The molecule has 0 unspecified atom stereocenters. The second kappa shape index (κ2) is 4.58. The summed E-state index contributed by atoms with van der Waals surface area (Å²) in [5, 5.41) is 0. The highest BCUT2D eigenvalue weighted by Gasteiger charge is 2.26. The van der Waals surface area contributed by atoms with Crippen molar-refractivity contribution in [2.24, 2.45) is 0 Å². The van der Waals surface area contributed by atoms with Gasteiger partial charge in [0.2, 0.25) is 0 Å². The molecule has 16 heavy (non-hydrogen) atoms. The van der Waals surface area contributed by atoms with Gasteiger partial charge in [-0.2, -0.15) is 0 Å². The van der Waals surface area contributed by atoms with Crippen LogP contribution in [0.15, 0.2) is 12.1 Å². The molecule has 1 fully saturated rings. The van der Waals surface area contributed by atoms with Gasteiger partial charge in [0, 0.05) is 6.54 Å². The molecule has 1 heteroatoms. The van der Waals surface area contributed by atoms with Crippen molar-refractivity contribution in [1.29, 1.82) is 0 Å². The Hall–Kier alpha value is -0.820. The highest BCUT2D eigenvalue weighted by Crippen LogP contribution is 2.42. The van der Waals surface area contributed by atoms with Crippen molar-refractivity contribution in [1.82, 2.24) is 4.90 Å². The van der Waals surface area contributed by atoms with Crippen LogP contribution in [0.25, 0.3) is 0 Å². The predicted molar refractivity (Wildman–Crippen MR) is 69.9 cm³/mol. The van der Waals surface area contributed by atoms with Crippen LogP contribution >= 0.6 is 0 Å². The number of rotatable bonds is 4. The first-order valence-electron chi connectivity index (χ1n) is 6.38. The summed E-state index contributed by atoms with van der Waals surface area (Å²) >= 11 is 0. The summed E-state index contributed by atoms with van der Waals surface area (Å²) in [6.07, 6.45) is 3.98. The van der Waals surface area contributed by atoms with E-state index in [-0.39, 0.29) is 0 Å². The summed E-state index contributed by atoms with van der Waals surface area (Å²) in [7, 11) is 4.29. The fraction of sp³-hybridized carbons (Fsp3) is 0.600. The molecule has 1 aliphatic carbocycles. The molecular weight excluding hydrogens is 194 g/mol. The lowest BCUT2D eigenvalue weighted by Crippen LogP contribution is -2.12. The van der Waals surface area contributed by atoms with Crippen LogP contribution in [0.5, 0.6) is 0 Å². The SMILES string of the molecule is CCc1cc(C)c(CN(C)C)cc1C1CC1. The van der Waals surface area contributed by atoms with Crippen molar-refractivity contribution in [3.8, 4) is 0 Å². The van der Waals surface area contributed by atoms with Gasteiger partial charge in [-0.05, 0) is 68.5 Å². The molecule has 0 aliphatic heterocycles. The van der Waals surface area contributed by atoms with Crippen molar-refractivity contribution in [3.63, 3.8) is 0 Å². The predicted octanol–water partition coefficient (Wildman–Crippen LogP) is 3.50. The molecular formula is C15H23N. The molecule has 1 aromatic carbocycles. The van der Waals surface area contributed by atoms with Crippen LogP contribution in [-0.2, 0) is 13.0 Å². The van der Waals surface area contributed by atoms with E-state index in [4.69, 9.17) is 0 Å². The minimum Gasteiger partial charge on any atom is -0.305 e. The van der Waals surface area contributed by atoms with E-state index >= 15 is 0 Å². The molecule has 0 amide bonds. The Morgan fingerprint density at radius 2 is 1.88 bits per heavy atom. The van der Waals surface area contributed by atoms with Crippen LogP contribution in [0.1, 0.15) is 47.9 Å². The average Bonchev–Trinajstić information content (AvgIpc) is 3.03. The second-order valence-corrected chi connectivity index (χ2v) is 5.34. The van der Waals surface area contributed by atoms with Gasteiger partial charge in [-0.25, -0.2) is 0 Å². The molecule has 1 saturated carbocycles. The number of aryl methyl sites for hydroxylation is 2. The third-order valence-electron chi connectivity index (χ3n) is 3.48. The van der Waals surface area contributed by atoms with Crippen LogP contribution in [0.4, 0.5) is 0 Å². The van der Waals surface area contributed by atoms with Crippen molar-refractivity contribution < 1.29 is 0 Å². The maximum Gasteiger partial charge on any atom is 0.0230 e. The molecule has 0 spiro atoms. The van der Waals surface area contributed by atoms with Crippen LogP contribution < -0.4 is 0 Å². The normalized spacial score (nSPS) is 15.8. The quantitative estimate of drug-likeness (QED) is 0.746. The minimum atomic E-state index is 0.872. The zero-order valence-electron chi connectivity index (χ0n) is 11.0. The Balaban J connectivity index is 2.35. The molecule has 1 nitrogen and oxygen atoms in total. The summed E-state index contributed by atoms with van der Waals surface area (Å²) in [5.74, 6) is 0.872. The molecule has 0 heterocycles. The summed E-state index contributed by atoms with van der Waals surface area (Å²) in [5.41, 5.74) is 6.16. The van der Waals surface area contributed by atoms with Gasteiger partial charge in [-0.3, -0.25) is 0 Å². The van der Waals surface area contributed by atoms with E-state index in [2.05, 4.69) is 45.0 Å². The van der Waals surface area contributed by atoms with Crippen LogP contribution in [0, 0.1) is 6.92 Å². The molecule has 88 valence electrons. The van der Waals surface area contributed by atoms with E-state index in [9.17, 15) is 0 Å². The minimum absolute atomic E-state index is 0.872. The van der Waals surface area contributed by atoms with E-state index in [0.29, 0.717) is 0 Å². The molecule has 0 N–H and O–H groups in total. The maximum absolute atomic E-state index is 2.46. The fourth-order valence-corrected chi connectivity index (χ4v) is 2.42. The summed E-state index contributed by atoms with van der Waals surface area (Å²) in [4.78, 5) is 2.25. The van der Waals surface area contributed by atoms with Gasteiger partial charge in [0.05, 0.1) is 0 Å². The van der Waals surface area contributed by atoms with E-state index in [1.54, 1.807) is 11.1 Å². The maximum atomic E-state index is 2.46. The Morgan fingerprint density at radius 1 is 1.19 bits per heavy atom. The standard InChI is InChI=1S/C15H23N/c1-5-12-8-11(2)14(10-16(3)4)9-15(12)13-6-7-13/h8-9,13H,5-7,10H2,1-4H3. The van der Waals surface area contributed by atoms with E-state index in [1.807, 2.05) is 0 Å². The molecule has 1 aromatic rings. The summed E-state index contributed by atoms with van der Waals surface area (Å²) in [6, 6.07) is 4.87. The smallest absolute Gasteiger partial charge is 0.0230 e. The largest absolute Gasteiger partial charge is 0.305 e. The molecule has 2 rings (SSSR count). The molecule has 0 atom stereocenters. The van der Waals surface area contributed by atoms with E-state index < -0.39 is 0 Å². The van der Waals surface area contributed by atoms with Crippen LogP contribution in [0.3, 0.4) is 0 Å². The molecule has 0 bridgehead atoms. The monoisotopic (exact) mass is 217 g/mol. The Bertz CT molecular complexity index is 375. The molecule has 0 saturated heterocycles. The highest BCUT2D eigenvalue weighted by molar-refractivity contribution is 5.41. The van der Waals surface area contributed by atoms with Gasteiger partial charge in [0.1, 0.15) is 0 Å². The first-order valence-corrected chi connectivity index (χ1v) is 6.38. The van der Waals surface area contributed by atoms with Crippen LogP contribution in [-0.4, -0.2) is 19.0 Å². The number of benzene rings is 1. The average molecular weight is 217 g/mol. The Labute approximate surface area is 99.5 Å². The molecule has 0 radical (unpaired) electrons. The van der Waals surface area contributed by atoms with Crippen molar-refractivity contribution >= 4 is 0 Å². The molecule has 1 aliphatic rings. The lowest BCUT2D eigenvalue weighted by atomic mass is 9.94. The second-order valence-electron chi connectivity index (χ2n) is 5.34. The third kappa shape index (κ3) is 2.46. The zero-order chi connectivity index (χ0) is 11.7. The summed E-state index contributed by atoms with van der Waals surface area (Å²) in [6.45, 7) is 5.58. The summed E-state index contributed by atoms with van der Waals surface area (Å²) < 4.78 is 0. The van der Waals surface area contributed by atoms with Crippen molar-refractivity contribution in [2.75, 3.05) is 14.1 Å². The van der Waals surface area contributed by atoms with Gasteiger partial charge in [0.25, 0.3) is 0 Å². The lowest BCUT2D eigenvalue weighted by Gasteiger charge is -2.16. The zero-order valence-corrected chi connectivity index (χ0v) is 11.0. The van der Waals surface area contributed by atoms with Crippen molar-refractivity contribution in [2.45, 2.75) is 45.6 Å². The number of hydrogen-bond donors (Lipinski definition) is 0. The van der Waals surface area contributed by atoms with E-state index in [1.165, 1.54) is 30.4 Å². The Morgan fingerprint density at radius 3 is 2.38 bits per heavy atom. The van der Waals surface area contributed by atoms with Crippen molar-refractivity contribution in [3.05, 3.63) is 34.4 Å². The lowest BCUT2D eigenvalue weighted by molar-refractivity contribution is 0.401. The Kier molecular flexibility index (Phi) is 3.34. The van der Waals surface area contributed by atoms with Gasteiger partial charge in [-0.1, -0.05) is 19.1 Å². The fourth-order valence-electron chi connectivity index (χ4n) is 2.42. The third-order valence-corrected chi connectivity index (χ3v) is 3.48. The van der Waals surface area contributed by atoms with Gasteiger partial charge >= 0.3 is 0 Å². The first kappa shape index (κ1) is 11.7. The number of hydrogen-bond acceptors (Lipinski definition) is 1. The first-order chi connectivity index (χ1) is 7.61. The topological polar surface area (TPSA) is 3.24 Å². The van der Waals surface area contributed by atoms with Gasteiger partial charge < -0.3 is 4.90 Å². The highest BCUT2D eigenvalue weighted by atomic mass is 15.0. The number of nitrogens with zero attached hydrogens (tertiary/aromatic N) is 1. The van der Waals surface area contributed by atoms with Gasteiger partial charge in [0.15, 0.2) is 0 Å². The van der Waals surface area contributed by atoms with E-state index in [0.717, 1.165) is 12.5 Å². The van der Waals surface area contributed by atoms with Gasteiger partial charge in [-0.15, -0.1) is 0 Å². The molecule has 0 aromatic heterocycles.